The zero-order valence-electron chi connectivity index (χ0n) is 9.22. The number of amides is 1. The Morgan fingerprint density at radius 1 is 1.32 bits per heavy atom. The highest BCUT2D eigenvalue weighted by atomic mass is 79.9. The molecule has 98 valence electrons. The first kappa shape index (κ1) is 14.2. The number of nitro groups is 1. The van der Waals surface area contributed by atoms with Gasteiger partial charge in [0.2, 0.25) is 0 Å². The summed E-state index contributed by atoms with van der Waals surface area (Å²) in [5, 5.41) is 15.2. The molecule has 0 saturated heterocycles. The van der Waals surface area contributed by atoms with Gasteiger partial charge in [0.25, 0.3) is 11.6 Å². The number of rotatable bonds is 3. The molecule has 1 N–H and O–H groups in total. The topological polar surface area (TPSA) is 72.2 Å². The molecule has 0 aliphatic carbocycles. The molecule has 0 radical (unpaired) electrons. The number of nitro benzene ring substituents is 1. The van der Waals surface area contributed by atoms with Crippen LogP contribution in [0.15, 0.2) is 38.6 Å². The fourth-order valence-electron chi connectivity index (χ4n) is 1.40. The molecule has 1 heterocycles. The van der Waals surface area contributed by atoms with Crippen molar-refractivity contribution in [1.29, 1.82) is 0 Å². The number of halogens is 2. The molecule has 0 aliphatic rings. The average molecular weight is 406 g/mol. The van der Waals surface area contributed by atoms with E-state index in [0.29, 0.717) is 13.8 Å². The van der Waals surface area contributed by atoms with Crippen molar-refractivity contribution in [2.24, 2.45) is 0 Å². The van der Waals surface area contributed by atoms with Crippen molar-refractivity contribution in [2.75, 3.05) is 5.32 Å². The minimum atomic E-state index is -0.538. The van der Waals surface area contributed by atoms with Crippen molar-refractivity contribution in [3.8, 4) is 0 Å². The second-order valence-corrected chi connectivity index (χ2v) is 6.16. The van der Waals surface area contributed by atoms with Crippen LogP contribution in [0.3, 0.4) is 0 Å². The minimum absolute atomic E-state index is 0.157. The summed E-state index contributed by atoms with van der Waals surface area (Å²) in [4.78, 5) is 22.9. The highest BCUT2D eigenvalue weighted by Crippen LogP contribution is 2.30. The van der Waals surface area contributed by atoms with E-state index in [1.54, 1.807) is 17.5 Å². The standard InChI is InChI=1S/C11H6Br2N2O3S/c12-6-1-2-8(9(5-6)15(17)18)14-11(16)10-7(13)3-4-19-10/h1-5H,(H,14,16). The third kappa shape index (κ3) is 3.20. The molecule has 0 bridgehead atoms. The maximum absolute atomic E-state index is 12.0. The van der Waals surface area contributed by atoms with Gasteiger partial charge in [-0.1, -0.05) is 15.9 Å². The second-order valence-electron chi connectivity index (χ2n) is 3.47. The quantitative estimate of drug-likeness (QED) is 0.606. The van der Waals surface area contributed by atoms with Crippen molar-refractivity contribution in [1.82, 2.24) is 0 Å². The third-order valence-corrected chi connectivity index (χ3v) is 4.56. The summed E-state index contributed by atoms with van der Waals surface area (Å²) in [6.45, 7) is 0. The van der Waals surface area contributed by atoms with E-state index in [4.69, 9.17) is 0 Å². The molecule has 19 heavy (non-hydrogen) atoms. The lowest BCUT2D eigenvalue weighted by Crippen LogP contribution is -2.12. The molecule has 0 fully saturated rings. The fourth-order valence-corrected chi connectivity index (χ4v) is 3.19. The summed E-state index contributed by atoms with van der Waals surface area (Å²) in [7, 11) is 0. The number of nitrogens with zero attached hydrogens (tertiary/aromatic N) is 1. The molecule has 2 rings (SSSR count). The van der Waals surface area contributed by atoms with Gasteiger partial charge in [0, 0.05) is 15.0 Å². The molecule has 1 aromatic carbocycles. The van der Waals surface area contributed by atoms with Gasteiger partial charge < -0.3 is 5.32 Å². The van der Waals surface area contributed by atoms with Crippen LogP contribution in [0.25, 0.3) is 0 Å². The van der Waals surface area contributed by atoms with E-state index < -0.39 is 4.92 Å². The molecule has 1 amide bonds. The van der Waals surface area contributed by atoms with Gasteiger partial charge >= 0.3 is 0 Å². The van der Waals surface area contributed by atoms with Gasteiger partial charge in [-0.15, -0.1) is 11.3 Å². The lowest BCUT2D eigenvalue weighted by molar-refractivity contribution is -0.384. The van der Waals surface area contributed by atoms with Gasteiger partial charge in [0.15, 0.2) is 0 Å². The van der Waals surface area contributed by atoms with Crippen LogP contribution in [0, 0.1) is 10.1 Å². The van der Waals surface area contributed by atoms with Gasteiger partial charge in [0.05, 0.1) is 4.92 Å². The summed E-state index contributed by atoms with van der Waals surface area (Å²) in [5.41, 5.74) is 0.00824. The minimum Gasteiger partial charge on any atom is -0.315 e. The third-order valence-electron chi connectivity index (χ3n) is 2.23. The highest BCUT2D eigenvalue weighted by Gasteiger charge is 2.18. The van der Waals surface area contributed by atoms with Crippen LogP contribution in [-0.4, -0.2) is 10.8 Å². The fraction of sp³-hybridized carbons (Fsp3) is 0. The van der Waals surface area contributed by atoms with E-state index in [1.807, 2.05) is 0 Å². The summed E-state index contributed by atoms with van der Waals surface area (Å²) < 4.78 is 1.24. The van der Waals surface area contributed by atoms with Gasteiger partial charge in [-0.25, -0.2) is 0 Å². The largest absolute Gasteiger partial charge is 0.315 e. The molecular formula is C11H6Br2N2O3S. The zero-order chi connectivity index (χ0) is 14.0. The van der Waals surface area contributed by atoms with Crippen molar-refractivity contribution >= 4 is 60.5 Å². The zero-order valence-corrected chi connectivity index (χ0v) is 13.2. The first-order valence-corrected chi connectivity index (χ1v) is 7.44. The molecular weight excluding hydrogens is 400 g/mol. The molecule has 0 unspecified atom stereocenters. The molecule has 0 aliphatic heterocycles. The predicted molar refractivity (Wildman–Crippen MR) is 80.8 cm³/mol. The van der Waals surface area contributed by atoms with E-state index in [-0.39, 0.29) is 17.3 Å². The molecule has 1 aromatic heterocycles. The van der Waals surface area contributed by atoms with Crippen LogP contribution in [0.5, 0.6) is 0 Å². The molecule has 2 aromatic rings. The Morgan fingerprint density at radius 2 is 2.05 bits per heavy atom. The second kappa shape index (κ2) is 5.81. The van der Waals surface area contributed by atoms with Gasteiger partial charge in [-0.2, -0.15) is 0 Å². The van der Waals surface area contributed by atoms with E-state index >= 15 is 0 Å². The molecule has 8 heteroatoms. The van der Waals surface area contributed by atoms with E-state index in [2.05, 4.69) is 37.2 Å². The Labute approximate surface area is 129 Å². The van der Waals surface area contributed by atoms with Crippen LogP contribution >= 0.6 is 43.2 Å². The van der Waals surface area contributed by atoms with Gasteiger partial charge in [-0.05, 0) is 39.5 Å². The summed E-state index contributed by atoms with van der Waals surface area (Å²) in [6, 6.07) is 6.21. The smallest absolute Gasteiger partial charge is 0.293 e. The number of carbonyl (C=O) groups is 1. The highest BCUT2D eigenvalue weighted by molar-refractivity contribution is 9.10. The molecule has 0 saturated carbocycles. The van der Waals surface area contributed by atoms with Crippen LogP contribution in [0.1, 0.15) is 9.67 Å². The monoisotopic (exact) mass is 404 g/mol. The number of hydrogen-bond acceptors (Lipinski definition) is 4. The Bertz CT molecular complexity index is 657. The normalized spacial score (nSPS) is 10.2. The summed E-state index contributed by atoms with van der Waals surface area (Å²) in [5.74, 6) is -0.382. The lowest BCUT2D eigenvalue weighted by atomic mass is 10.2. The van der Waals surface area contributed by atoms with E-state index in [1.165, 1.54) is 23.5 Å². The summed E-state index contributed by atoms with van der Waals surface area (Å²) >= 11 is 7.66. The predicted octanol–water partition coefficient (Wildman–Crippen LogP) is 4.43. The number of carbonyl (C=O) groups excluding carboxylic acids is 1. The van der Waals surface area contributed by atoms with Gasteiger partial charge in [0.1, 0.15) is 10.6 Å². The number of anilines is 1. The lowest BCUT2D eigenvalue weighted by Gasteiger charge is -2.05. The Hall–Kier alpha value is -1.25. The first-order valence-electron chi connectivity index (χ1n) is 4.97. The Balaban J connectivity index is 2.32. The maximum Gasteiger partial charge on any atom is 0.293 e. The number of hydrogen-bond donors (Lipinski definition) is 1. The Morgan fingerprint density at radius 3 is 2.63 bits per heavy atom. The Kier molecular flexibility index (Phi) is 4.33. The molecule has 0 atom stereocenters. The average Bonchev–Trinajstić information content (AvgIpc) is 2.77. The van der Waals surface area contributed by atoms with Crippen molar-refractivity contribution < 1.29 is 9.72 Å². The number of nitrogens with one attached hydrogen (secondary N) is 1. The van der Waals surface area contributed by atoms with Crippen LogP contribution in [-0.2, 0) is 0 Å². The maximum atomic E-state index is 12.0. The van der Waals surface area contributed by atoms with Crippen LogP contribution in [0.2, 0.25) is 0 Å². The molecule has 5 nitrogen and oxygen atoms in total. The summed E-state index contributed by atoms with van der Waals surface area (Å²) in [6.07, 6.45) is 0. The number of thiophene rings is 1. The van der Waals surface area contributed by atoms with Gasteiger partial charge in [-0.3, -0.25) is 14.9 Å². The van der Waals surface area contributed by atoms with E-state index in [0.717, 1.165) is 0 Å². The SMILES string of the molecule is O=C(Nc1ccc(Br)cc1[N+](=O)[O-])c1sccc1Br. The molecule has 0 spiro atoms. The van der Waals surface area contributed by atoms with Crippen molar-refractivity contribution in [3.63, 3.8) is 0 Å². The van der Waals surface area contributed by atoms with E-state index in [9.17, 15) is 14.9 Å². The van der Waals surface area contributed by atoms with Crippen molar-refractivity contribution in [3.05, 3.63) is 53.6 Å². The van der Waals surface area contributed by atoms with Crippen LogP contribution < -0.4 is 5.32 Å². The first-order chi connectivity index (χ1) is 8.99. The number of benzene rings is 1. The van der Waals surface area contributed by atoms with Crippen LogP contribution in [0.4, 0.5) is 11.4 Å². The van der Waals surface area contributed by atoms with Crippen molar-refractivity contribution in [2.45, 2.75) is 0 Å².